The molecule has 8 nitrogen and oxygen atoms in total. The summed E-state index contributed by atoms with van der Waals surface area (Å²) < 4.78 is 3.80. The molecule has 0 bridgehead atoms. The molecule has 1 aliphatic rings. The summed E-state index contributed by atoms with van der Waals surface area (Å²) in [6.45, 7) is 3.94. The average molecular weight is 479 g/mol. The Morgan fingerprint density at radius 2 is 1.91 bits per heavy atom. The molecule has 1 fully saturated rings. The zero-order valence-corrected chi connectivity index (χ0v) is 20.3. The van der Waals surface area contributed by atoms with E-state index in [2.05, 4.69) is 19.4 Å². The zero-order chi connectivity index (χ0) is 24.0. The van der Waals surface area contributed by atoms with E-state index in [1.807, 2.05) is 19.1 Å². The van der Waals surface area contributed by atoms with Crippen molar-refractivity contribution < 1.29 is 9.59 Å². The van der Waals surface area contributed by atoms with Crippen molar-refractivity contribution >= 4 is 45.4 Å². The molecule has 1 aromatic carbocycles. The van der Waals surface area contributed by atoms with Crippen LogP contribution in [0.15, 0.2) is 42.9 Å². The van der Waals surface area contributed by atoms with Crippen LogP contribution in [0.5, 0.6) is 0 Å². The molecule has 9 heteroatoms. The predicted octanol–water partition coefficient (Wildman–Crippen LogP) is 4.40. The molecular weight excluding hydrogens is 452 g/mol. The summed E-state index contributed by atoms with van der Waals surface area (Å²) in [5.74, 6) is 0.961. The molecule has 0 aliphatic carbocycles. The van der Waals surface area contributed by atoms with E-state index < -0.39 is 0 Å². The second kappa shape index (κ2) is 8.85. The first-order valence-electron chi connectivity index (χ1n) is 11.4. The number of fused-ring (bicyclic) bond motifs is 2. The Labute approximate surface area is 202 Å². The fraction of sp³-hybridized carbons (Fsp3) is 0.360. The monoisotopic (exact) mass is 478 g/mol. The molecule has 4 heterocycles. The van der Waals surface area contributed by atoms with Gasteiger partial charge in [-0.2, -0.15) is 0 Å². The topological polar surface area (TPSA) is 76.3 Å². The zero-order valence-electron chi connectivity index (χ0n) is 19.5. The molecule has 0 radical (unpaired) electrons. The summed E-state index contributed by atoms with van der Waals surface area (Å²) in [7, 11) is 3.37. The molecule has 34 heavy (non-hydrogen) atoms. The number of aromatic nitrogens is 4. The minimum atomic E-state index is -0.217. The highest BCUT2D eigenvalue weighted by atomic mass is 35.5. The van der Waals surface area contributed by atoms with Crippen LogP contribution in [0, 0.1) is 6.92 Å². The summed E-state index contributed by atoms with van der Waals surface area (Å²) in [5, 5.41) is 1.11. The standard InChI is InChI=1S/C25H27ClN6O2/c1-16-28-20-13-27-10-7-21(20)32(16)17-8-11-30(12-9-17)15-23(33)18-14-31(25(34)29(2)3)22-6-4-5-19(26)24(18)22/h4-7,10,13-14,17H,8-9,11-12,15H2,1-3H3. The largest absolute Gasteiger partial charge is 0.330 e. The number of amides is 1. The van der Waals surface area contributed by atoms with Gasteiger partial charge in [-0.3, -0.25) is 19.2 Å². The van der Waals surface area contributed by atoms with Gasteiger partial charge in [-0.05, 0) is 38.0 Å². The Morgan fingerprint density at radius 3 is 2.65 bits per heavy atom. The first-order chi connectivity index (χ1) is 16.3. The first-order valence-corrected chi connectivity index (χ1v) is 11.8. The van der Waals surface area contributed by atoms with Gasteiger partial charge in [-0.15, -0.1) is 0 Å². The van der Waals surface area contributed by atoms with E-state index in [1.54, 1.807) is 44.8 Å². The lowest BCUT2D eigenvalue weighted by Gasteiger charge is -2.33. The minimum Gasteiger partial charge on any atom is -0.330 e. The van der Waals surface area contributed by atoms with Gasteiger partial charge in [0.15, 0.2) is 5.78 Å². The van der Waals surface area contributed by atoms with E-state index in [-0.39, 0.29) is 11.8 Å². The molecule has 0 saturated carbocycles. The number of carbonyl (C=O) groups excluding carboxylic acids is 2. The van der Waals surface area contributed by atoms with Crippen LogP contribution in [0.25, 0.3) is 21.9 Å². The maximum atomic E-state index is 13.4. The van der Waals surface area contributed by atoms with Crippen LogP contribution < -0.4 is 0 Å². The lowest BCUT2D eigenvalue weighted by molar-refractivity contribution is 0.0900. The number of benzene rings is 1. The molecule has 1 aliphatic heterocycles. The SMILES string of the molecule is Cc1nc2cnccc2n1C1CCN(CC(=O)c2cn(C(=O)N(C)C)c3cccc(Cl)c23)CC1. The van der Waals surface area contributed by atoms with Crippen LogP contribution in [0.4, 0.5) is 4.79 Å². The van der Waals surface area contributed by atoms with E-state index >= 15 is 0 Å². The van der Waals surface area contributed by atoms with Crippen LogP contribution in [0.1, 0.15) is 35.1 Å². The number of rotatable bonds is 4. The molecule has 176 valence electrons. The van der Waals surface area contributed by atoms with E-state index in [4.69, 9.17) is 11.6 Å². The lowest BCUT2D eigenvalue weighted by Crippen LogP contribution is -2.38. The molecule has 0 N–H and O–H groups in total. The number of imidazole rings is 1. The third kappa shape index (κ3) is 3.86. The molecule has 0 atom stereocenters. The Morgan fingerprint density at radius 1 is 1.15 bits per heavy atom. The van der Waals surface area contributed by atoms with Gasteiger partial charge >= 0.3 is 6.03 Å². The lowest BCUT2D eigenvalue weighted by atomic mass is 10.0. The van der Waals surface area contributed by atoms with E-state index in [9.17, 15) is 9.59 Å². The predicted molar refractivity (Wildman–Crippen MR) is 133 cm³/mol. The molecule has 4 aromatic rings. The Bertz CT molecular complexity index is 1400. The summed E-state index contributed by atoms with van der Waals surface area (Å²) in [6.07, 6.45) is 7.10. The highest BCUT2D eigenvalue weighted by molar-refractivity contribution is 6.37. The van der Waals surface area contributed by atoms with Crippen molar-refractivity contribution in [1.29, 1.82) is 0 Å². The van der Waals surface area contributed by atoms with Gasteiger partial charge < -0.3 is 9.47 Å². The second-order valence-corrected chi connectivity index (χ2v) is 9.45. The molecule has 0 spiro atoms. The third-order valence-electron chi connectivity index (χ3n) is 6.63. The molecule has 0 unspecified atom stereocenters. The highest BCUT2D eigenvalue weighted by Crippen LogP contribution is 2.31. The van der Waals surface area contributed by atoms with Crippen molar-refractivity contribution in [1.82, 2.24) is 28.9 Å². The van der Waals surface area contributed by atoms with E-state index in [0.717, 1.165) is 42.8 Å². The molecular formula is C25H27ClN6O2. The van der Waals surface area contributed by atoms with Crippen LogP contribution in [-0.4, -0.2) is 74.4 Å². The highest BCUT2D eigenvalue weighted by Gasteiger charge is 2.27. The van der Waals surface area contributed by atoms with Crippen LogP contribution in [0.3, 0.4) is 0 Å². The number of aryl methyl sites for hydroxylation is 1. The van der Waals surface area contributed by atoms with E-state index in [1.165, 1.54) is 9.47 Å². The van der Waals surface area contributed by atoms with E-state index in [0.29, 0.717) is 34.1 Å². The molecule has 1 saturated heterocycles. The maximum absolute atomic E-state index is 13.4. The number of halogens is 1. The van der Waals surface area contributed by atoms with Crippen molar-refractivity contribution in [3.8, 4) is 0 Å². The molecule has 3 aromatic heterocycles. The van der Waals surface area contributed by atoms with Crippen molar-refractivity contribution in [3.05, 3.63) is 59.3 Å². The number of piperidine rings is 1. The van der Waals surface area contributed by atoms with Crippen molar-refractivity contribution in [3.63, 3.8) is 0 Å². The maximum Gasteiger partial charge on any atom is 0.328 e. The number of carbonyl (C=O) groups is 2. The summed E-state index contributed by atoms with van der Waals surface area (Å²) >= 11 is 6.47. The minimum absolute atomic E-state index is 0.0304. The van der Waals surface area contributed by atoms with Gasteiger partial charge in [0.05, 0.1) is 28.8 Å². The van der Waals surface area contributed by atoms with Gasteiger partial charge in [0.1, 0.15) is 11.3 Å². The Kier molecular flexibility index (Phi) is 5.87. The number of hydrogen-bond donors (Lipinski definition) is 0. The summed E-state index contributed by atoms with van der Waals surface area (Å²) in [6, 6.07) is 7.50. The third-order valence-corrected chi connectivity index (χ3v) is 6.94. The smallest absolute Gasteiger partial charge is 0.328 e. The Hall–Kier alpha value is -3.23. The first kappa shape index (κ1) is 22.6. The number of likely N-dealkylation sites (tertiary alicyclic amines) is 1. The van der Waals surface area contributed by atoms with Crippen LogP contribution in [-0.2, 0) is 0 Å². The van der Waals surface area contributed by atoms with Crippen LogP contribution >= 0.6 is 11.6 Å². The van der Waals surface area contributed by atoms with Crippen molar-refractivity contribution in [2.24, 2.45) is 0 Å². The average Bonchev–Trinajstić information content (AvgIpc) is 3.37. The second-order valence-electron chi connectivity index (χ2n) is 9.05. The quantitative estimate of drug-likeness (QED) is 0.406. The molecule has 1 amide bonds. The van der Waals surface area contributed by atoms with Gasteiger partial charge in [-0.25, -0.2) is 9.78 Å². The number of pyridine rings is 1. The van der Waals surface area contributed by atoms with Gasteiger partial charge in [0.25, 0.3) is 0 Å². The normalized spacial score (nSPS) is 15.3. The van der Waals surface area contributed by atoms with Crippen molar-refractivity contribution in [2.75, 3.05) is 33.7 Å². The number of ketones is 1. The number of nitrogens with zero attached hydrogens (tertiary/aromatic N) is 6. The summed E-state index contributed by atoms with van der Waals surface area (Å²) in [4.78, 5) is 38.5. The number of hydrogen-bond acceptors (Lipinski definition) is 5. The fourth-order valence-corrected chi connectivity index (χ4v) is 5.26. The summed E-state index contributed by atoms with van der Waals surface area (Å²) in [5.41, 5.74) is 3.15. The van der Waals surface area contributed by atoms with Gasteiger partial charge in [0.2, 0.25) is 0 Å². The van der Waals surface area contributed by atoms with Gasteiger partial charge in [0, 0.05) is 56.6 Å². The van der Waals surface area contributed by atoms with Crippen molar-refractivity contribution in [2.45, 2.75) is 25.8 Å². The van der Waals surface area contributed by atoms with Crippen LogP contribution in [0.2, 0.25) is 5.02 Å². The Balaban J connectivity index is 1.34. The number of Topliss-reactive ketones (excluding diaryl/α,β-unsaturated/α-hetero) is 1. The fourth-order valence-electron chi connectivity index (χ4n) is 4.98. The van der Waals surface area contributed by atoms with Gasteiger partial charge in [-0.1, -0.05) is 17.7 Å². The molecule has 5 rings (SSSR count).